The molecule has 0 aliphatic heterocycles. The summed E-state index contributed by atoms with van der Waals surface area (Å²) in [5, 5.41) is 17.9. The predicted octanol–water partition coefficient (Wildman–Crippen LogP) is 3.20. The zero-order chi connectivity index (χ0) is 12.3. The fourth-order valence-electron chi connectivity index (χ4n) is 1.34. The molecular formula is C13H8FNO2. The van der Waals surface area contributed by atoms with Crippen LogP contribution < -0.4 is 4.74 Å². The van der Waals surface area contributed by atoms with E-state index in [2.05, 4.69) is 0 Å². The normalized spacial score (nSPS) is 9.65. The summed E-state index contributed by atoms with van der Waals surface area (Å²) in [5.41, 5.74) is -0.138. The van der Waals surface area contributed by atoms with Crippen LogP contribution in [0.2, 0.25) is 0 Å². The van der Waals surface area contributed by atoms with Gasteiger partial charge in [0.2, 0.25) is 0 Å². The number of nitrogens with zero attached hydrogens (tertiary/aromatic N) is 1. The molecule has 2 aromatic rings. The lowest BCUT2D eigenvalue weighted by Crippen LogP contribution is -1.91. The van der Waals surface area contributed by atoms with Crippen molar-refractivity contribution in [3.63, 3.8) is 0 Å². The number of halogens is 1. The van der Waals surface area contributed by atoms with Crippen LogP contribution >= 0.6 is 0 Å². The van der Waals surface area contributed by atoms with Crippen molar-refractivity contribution in [2.75, 3.05) is 0 Å². The van der Waals surface area contributed by atoms with Gasteiger partial charge in [-0.2, -0.15) is 5.26 Å². The van der Waals surface area contributed by atoms with Crippen molar-refractivity contribution in [1.29, 1.82) is 5.26 Å². The van der Waals surface area contributed by atoms with Crippen molar-refractivity contribution >= 4 is 0 Å². The van der Waals surface area contributed by atoms with E-state index >= 15 is 0 Å². The molecule has 0 aliphatic carbocycles. The summed E-state index contributed by atoms with van der Waals surface area (Å²) in [4.78, 5) is 0. The molecule has 0 aliphatic rings. The number of benzene rings is 2. The number of phenols is 1. The predicted molar refractivity (Wildman–Crippen MR) is 59.3 cm³/mol. The van der Waals surface area contributed by atoms with E-state index in [1.807, 2.05) is 0 Å². The topological polar surface area (TPSA) is 53.2 Å². The fourth-order valence-corrected chi connectivity index (χ4v) is 1.34. The number of phenolic OH excluding ortho intramolecular Hbond substituents is 1. The van der Waals surface area contributed by atoms with Gasteiger partial charge in [0, 0.05) is 0 Å². The van der Waals surface area contributed by atoms with Crippen LogP contribution in [0.25, 0.3) is 0 Å². The van der Waals surface area contributed by atoms with Crippen molar-refractivity contribution in [2.45, 2.75) is 0 Å². The average molecular weight is 229 g/mol. The van der Waals surface area contributed by atoms with Crippen LogP contribution in [0.15, 0.2) is 42.5 Å². The van der Waals surface area contributed by atoms with E-state index in [9.17, 15) is 4.39 Å². The maximum absolute atomic E-state index is 13.3. The number of aromatic hydroxyl groups is 1. The van der Waals surface area contributed by atoms with Crippen LogP contribution in [0.1, 0.15) is 5.56 Å². The Morgan fingerprint density at radius 1 is 1.12 bits per heavy atom. The minimum atomic E-state index is -0.622. The lowest BCUT2D eigenvalue weighted by molar-refractivity contribution is 0.461. The molecule has 0 bridgehead atoms. The lowest BCUT2D eigenvalue weighted by atomic mass is 10.2. The Bertz CT molecular complexity index is 573. The van der Waals surface area contributed by atoms with Crippen molar-refractivity contribution < 1.29 is 14.2 Å². The van der Waals surface area contributed by atoms with Gasteiger partial charge in [-0.05, 0) is 36.4 Å². The van der Waals surface area contributed by atoms with Gasteiger partial charge in [0.25, 0.3) is 0 Å². The maximum atomic E-state index is 13.3. The average Bonchev–Trinajstić information content (AvgIpc) is 2.32. The highest BCUT2D eigenvalue weighted by atomic mass is 19.1. The van der Waals surface area contributed by atoms with Crippen molar-refractivity contribution in [2.24, 2.45) is 0 Å². The molecule has 84 valence electrons. The van der Waals surface area contributed by atoms with Crippen molar-refractivity contribution in [3.8, 4) is 23.3 Å². The minimum absolute atomic E-state index is 0.108. The van der Waals surface area contributed by atoms with E-state index in [-0.39, 0.29) is 17.1 Å². The molecule has 0 spiro atoms. The lowest BCUT2D eigenvalue weighted by Gasteiger charge is -2.07. The molecule has 0 radical (unpaired) electrons. The van der Waals surface area contributed by atoms with Gasteiger partial charge in [-0.3, -0.25) is 0 Å². The molecule has 0 atom stereocenters. The number of hydrogen-bond acceptors (Lipinski definition) is 3. The molecule has 0 unspecified atom stereocenters. The Kier molecular flexibility index (Phi) is 2.93. The van der Waals surface area contributed by atoms with E-state index in [1.54, 1.807) is 6.07 Å². The minimum Gasteiger partial charge on any atom is -0.508 e. The first-order valence-electron chi connectivity index (χ1n) is 4.86. The van der Waals surface area contributed by atoms with Crippen LogP contribution in [-0.2, 0) is 0 Å². The Morgan fingerprint density at radius 2 is 1.82 bits per heavy atom. The molecule has 0 aromatic heterocycles. The summed E-state index contributed by atoms with van der Waals surface area (Å²) in [6, 6.07) is 11.9. The third kappa shape index (κ3) is 2.34. The molecule has 1 N–H and O–H groups in total. The third-order valence-electron chi connectivity index (χ3n) is 2.15. The second kappa shape index (κ2) is 4.54. The molecule has 0 saturated heterocycles. The summed E-state index contributed by atoms with van der Waals surface area (Å²) < 4.78 is 18.6. The zero-order valence-electron chi connectivity index (χ0n) is 8.72. The smallest absolute Gasteiger partial charge is 0.148 e. The molecule has 4 heteroatoms. The Hall–Kier alpha value is -2.54. The Labute approximate surface area is 97.3 Å². The first-order chi connectivity index (χ1) is 8.20. The molecular weight excluding hydrogens is 221 g/mol. The van der Waals surface area contributed by atoms with E-state index < -0.39 is 5.82 Å². The van der Waals surface area contributed by atoms with Gasteiger partial charge in [0.15, 0.2) is 0 Å². The quantitative estimate of drug-likeness (QED) is 0.860. The Balaban J connectivity index is 2.34. The Morgan fingerprint density at radius 3 is 2.47 bits per heavy atom. The standard InChI is InChI=1S/C13H8FNO2/c14-12-2-1-3-13(11(12)8-15)17-10-6-4-9(16)5-7-10/h1-7,16H. The van der Waals surface area contributed by atoms with Gasteiger partial charge in [0.05, 0.1) is 0 Å². The van der Waals surface area contributed by atoms with Crippen LogP contribution in [-0.4, -0.2) is 5.11 Å². The van der Waals surface area contributed by atoms with E-state index in [4.69, 9.17) is 15.1 Å². The van der Waals surface area contributed by atoms with Crippen LogP contribution in [0, 0.1) is 17.1 Å². The first-order valence-corrected chi connectivity index (χ1v) is 4.86. The number of nitriles is 1. The molecule has 0 saturated carbocycles. The molecule has 2 aromatic carbocycles. The molecule has 2 rings (SSSR count). The molecule has 0 amide bonds. The van der Waals surface area contributed by atoms with E-state index in [0.29, 0.717) is 5.75 Å². The summed E-state index contributed by atoms with van der Waals surface area (Å²) >= 11 is 0. The number of rotatable bonds is 2. The largest absolute Gasteiger partial charge is 0.508 e. The van der Waals surface area contributed by atoms with Gasteiger partial charge < -0.3 is 9.84 Å². The molecule has 17 heavy (non-hydrogen) atoms. The molecule has 0 fully saturated rings. The van der Waals surface area contributed by atoms with Crippen LogP contribution in [0.4, 0.5) is 4.39 Å². The van der Waals surface area contributed by atoms with Crippen LogP contribution in [0.5, 0.6) is 17.2 Å². The van der Waals surface area contributed by atoms with E-state index in [0.717, 1.165) is 0 Å². The van der Waals surface area contributed by atoms with Gasteiger partial charge in [0.1, 0.15) is 34.7 Å². The fraction of sp³-hybridized carbons (Fsp3) is 0. The first kappa shape index (κ1) is 11.0. The highest BCUT2D eigenvalue weighted by Crippen LogP contribution is 2.27. The number of ether oxygens (including phenoxy) is 1. The second-order valence-electron chi connectivity index (χ2n) is 3.32. The maximum Gasteiger partial charge on any atom is 0.148 e. The van der Waals surface area contributed by atoms with Crippen molar-refractivity contribution in [3.05, 3.63) is 53.8 Å². The van der Waals surface area contributed by atoms with Crippen LogP contribution in [0.3, 0.4) is 0 Å². The molecule has 0 heterocycles. The highest BCUT2D eigenvalue weighted by molar-refractivity contribution is 5.46. The van der Waals surface area contributed by atoms with E-state index in [1.165, 1.54) is 42.5 Å². The summed E-state index contributed by atoms with van der Waals surface area (Å²) in [7, 11) is 0. The van der Waals surface area contributed by atoms with Crippen molar-refractivity contribution in [1.82, 2.24) is 0 Å². The van der Waals surface area contributed by atoms with Gasteiger partial charge in [-0.1, -0.05) is 6.07 Å². The molecule has 3 nitrogen and oxygen atoms in total. The van der Waals surface area contributed by atoms with Gasteiger partial charge >= 0.3 is 0 Å². The van der Waals surface area contributed by atoms with Gasteiger partial charge in [-0.25, -0.2) is 4.39 Å². The highest BCUT2D eigenvalue weighted by Gasteiger charge is 2.09. The summed E-state index contributed by atoms with van der Waals surface area (Å²) in [6.07, 6.45) is 0. The zero-order valence-corrected chi connectivity index (χ0v) is 8.72. The summed E-state index contributed by atoms with van der Waals surface area (Å²) in [5.74, 6) is 0.0592. The second-order valence-corrected chi connectivity index (χ2v) is 3.32. The number of hydrogen-bond donors (Lipinski definition) is 1. The summed E-state index contributed by atoms with van der Waals surface area (Å²) in [6.45, 7) is 0. The third-order valence-corrected chi connectivity index (χ3v) is 2.15. The van der Waals surface area contributed by atoms with Gasteiger partial charge in [-0.15, -0.1) is 0 Å². The monoisotopic (exact) mass is 229 g/mol. The SMILES string of the molecule is N#Cc1c(F)cccc1Oc1ccc(O)cc1.